The van der Waals surface area contributed by atoms with Gasteiger partial charge >= 0.3 is 0 Å². The molecule has 0 spiro atoms. The molecule has 0 saturated carbocycles. The fourth-order valence-corrected chi connectivity index (χ4v) is 5.28. The Kier molecular flexibility index (Phi) is 4.26. The Morgan fingerprint density at radius 3 is 2.92 bits per heavy atom. The van der Waals surface area contributed by atoms with E-state index in [4.69, 9.17) is 4.74 Å². The average Bonchev–Trinajstić information content (AvgIpc) is 3.33. The number of benzene rings is 1. The predicted octanol–water partition coefficient (Wildman–Crippen LogP) is 2.62. The molecule has 8 heteroatoms. The third-order valence-electron chi connectivity index (χ3n) is 4.46. The highest BCUT2D eigenvalue weighted by Gasteiger charge is 2.33. The zero-order valence-electron chi connectivity index (χ0n) is 13.5. The molecule has 25 heavy (non-hydrogen) atoms. The van der Waals surface area contributed by atoms with Crippen LogP contribution in [0.2, 0.25) is 0 Å². The van der Waals surface area contributed by atoms with Crippen molar-refractivity contribution in [1.82, 2.24) is 0 Å². The molecule has 4 rings (SSSR count). The van der Waals surface area contributed by atoms with Crippen LogP contribution in [0, 0.1) is 0 Å². The van der Waals surface area contributed by atoms with E-state index < -0.39 is 10.0 Å². The largest absolute Gasteiger partial charge is 0.368 e. The average molecular weight is 378 g/mol. The van der Waals surface area contributed by atoms with Crippen LogP contribution in [0.1, 0.15) is 18.4 Å². The number of hydrogen-bond acceptors (Lipinski definition) is 5. The van der Waals surface area contributed by atoms with Crippen molar-refractivity contribution in [3.8, 4) is 0 Å². The molecule has 0 bridgehead atoms. The van der Waals surface area contributed by atoms with Gasteiger partial charge in [0.1, 0.15) is 10.3 Å². The van der Waals surface area contributed by atoms with Crippen LogP contribution in [0.4, 0.5) is 11.4 Å². The Balaban J connectivity index is 1.59. The van der Waals surface area contributed by atoms with E-state index in [1.165, 1.54) is 11.3 Å². The summed E-state index contributed by atoms with van der Waals surface area (Å²) in [6.45, 7) is 1.23. The lowest BCUT2D eigenvalue weighted by Crippen LogP contribution is -2.37. The van der Waals surface area contributed by atoms with Gasteiger partial charge in [-0.25, -0.2) is 8.42 Å². The number of fused-ring (bicyclic) bond motifs is 1. The molecule has 0 radical (unpaired) electrons. The molecular weight excluding hydrogens is 360 g/mol. The Morgan fingerprint density at radius 2 is 2.20 bits per heavy atom. The molecule has 1 atom stereocenters. The van der Waals surface area contributed by atoms with Crippen LogP contribution in [0.15, 0.2) is 39.9 Å². The number of nitrogens with one attached hydrogen (secondary N) is 1. The van der Waals surface area contributed by atoms with Crippen molar-refractivity contribution in [2.75, 3.05) is 22.8 Å². The van der Waals surface area contributed by atoms with E-state index in [1.807, 2.05) is 6.07 Å². The number of amides is 1. The van der Waals surface area contributed by atoms with Crippen LogP contribution in [-0.2, 0) is 26.0 Å². The van der Waals surface area contributed by atoms with Crippen molar-refractivity contribution in [3.63, 3.8) is 0 Å². The van der Waals surface area contributed by atoms with Gasteiger partial charge in [0.15, 0.2) is 0 Å². The number of thiophene rings is 1. The van der Waals surface area contributed by atoms with Gasteiger partial charge in [0.25, 0.3) is 15.9 Å². The summed E-state index contributed by atoms with van der Waals surface area (Å²) in [6.07, 6.45) is 2.04. The lowest BCUT2D eigenvalue weighted by atomic mass is 10.1. The zero-order chi connectivity index (χ0) is 17.4. The molecule has 1 saturated heterocycles. The van der Waals surface area contributed by atoms with Gasteiger partial charge in [0.05, 0.1) is 5.69 Å². The van der Waals surface area contributed by atoms with Crippen LogP contribution in [0.5, 0.6) is 0 Å². The number of carbonyl (C=O) groups is 1. The van der Waals surface area contributed by atoms with Crippen LogP contribution < -0.4 is 9.62 Å². The molecule has 1 fully saturated rings. The molecule has 0 aliphatic carbocycles. The molecule has 1 aromatic carbocycles. The fourth-order valence-electron chi connectivity index (χ4n) is 3.24. The summed E-state index contributed by atoms with van der Waals surface area (Å²) in [5.74, 6) is -0.0329. The number of ether oxygens (including phenoxy) is 1. The first-order valence-electron chi connectivity index (χ1n) is 8.17. The maximum Gasteiger partial charge on any atom is 0.271 e. The van der Waals surface area contributed by atoms with E-state index >= 15 is 0 Å². The Morgan fingerprint density at radius 1 is 1.32 bits per heavy atom. The molecule has 1 aromatic heterocycles. The smallest absolute Gasteiger partial charge is 0.271 e. The van der Waals surface area contributed by atoms with Gasteiger partial charge in [0.2, 0.25) is 0 Å². The highest BCUT2D eigenvalue weighted by molar-refractivity contribution is 7.94. The number of rotatable bonds is 4. The SMILES string of the molecule is O=C(C1CCCO1)N1CCc2ccc(NS(=O)(=O)c3cccs3)cc21. The van der Waals surface area contributed by atoms with Gasteiger partial charge in [-0.2, -0.15) is 0 Å². The minimum absolute atomic E-state index is 0.0329. The van der Waals surface area contributed by atoms with Gasteiger partial charge in [0, 0.05) is 18.8 Å². The molecule has 2 aliphatic heterocycles. The summed E-state index contributed by atoms with van der Waals surface area (Å²) in [5, 5.41) is 1.72. The number of sulfonamides is 1. The van der Waals surface area contributed by atoms with Crippen molar-refractivity contribution < 1.29 is 17.9 Å². The molecule has 1 amide bonds. The number of carbonyl (C=O) groups excluding carboxylic acids is 1. The fraction of sp³-hybridized carbons (Fsp3) is 0.353. The minimum Gasteiger partial charge on any atom is -0.368 e. The molecule has 1 N–H and O–H groups in total. The van der Waals surface area contributed by atoms with Crippen molar-refractivity contribution in [3.05, 3.63) is 41.3 Å². The third kappa shape index (κ3) is 3.17. The maximum absolute atomic E-state index is 12.7. The third-order valence-corrected chi connectivity index (χ3v) is 7.24. The van der Waals surface area contributed by atoms with Gasteiger partial charge in [-0.1, -0.05) is 12.1 Å². The Bertz CT molecular complexity index is 887. The topological polar surface area (TPSA) is 75.7 Å². The normalized spacial score (nSPS) is 19.8. The van der Waals surface area contributed by atoms with Crippen LogP contribution in [0.3, 0.4) is 0 Å². The van der Waals surface area contributed by atoms with Crippen LogP contribution >= 0.6 is 11.3 Å². The molecule has 1 unspecified atom stereocenters. The van der Waals surface area contributed by atoms with Gasteiger partial charge < -0.3 is 9.64 Å². The molecule has 6 nitrogen and oxygen atoms in total. The van der Waals surface area contributed by atoms with Crippen molar-refractivity contribution >= 4 is 38.6 Å². The van der Waals surface area contributed by atoms with E-state index in [-0.39, 0.29) is 16.2 Å². The summed E-state index contributed by atoms with van der Waals surface area (Å²) in [4.78, 5) is 14.4. The molecule has 2 aliphatic rings. The van der Waals surface area contributed by atoms with Crippen molar-refractivity contribution in [1.29, 1.82) is 0 Å². The highest BCUT2D eigenvalue weighted by Crippen LogP contribution is 2.33. The van der Waals surface area contributed by atoms with E-state index in [0.717, 1.165) is 30.5 Å². The van der Waals surface area contributed by atoms with Crippen LogP contribution in [0.25, 0.3) is 0 Å². The van der Waals surface area contributed by atoms with E-state index in [1.54, 1.807) is 34.5 Å². The number of anilines is 2. The minimum atomic E-state index is -3.60. The summed E-state index contributed by atoms with van der Waals surface area (Å²) in [5.41, 5.74) is 2.27. The monoisotopic (exact) mass is 378 g/mol. The van der Waals surface area contributed by atoms with Gasteiger partial charge in [-0.3, -0.25) is 9.52 Å². The summed E-state index contributed by atoms with van der Waals surface area (Å²) in [6, 6.07) is 8.62. The quantitative estimate of drug-likeness (QED) is 0.887. The molecule has 3 heterocycles. The van der Waals surface area contributed by atoms with Crippen molar-refractivity contribution in [2.24, 2.45) is 0 Å². The predicted molar refractivity (Wildman–Crippen MR) is 96.6 cm³/mol. The lowest BCUT2D eigenvalue weighted by Gasteiger charge is -2.21. The molecular formula is C17H18N2O4S2. The Hall–Kier alpha value is -1.90. The van der Waals surface area contributed by atoms with Crippen LogP contribution in [-0.4, -0.2) is 33.6 Å². The number of nitrogens with zero attached hydrogens (tertiary/aromatic N) is 1. The van der Waals surface area contributed by atoms with Gasteiger partial charge in [-0.15, -0.1) is 11.3 Å². The Labute approximate surface area is 150 Å². The first-order chi connectivity index (χ1) is 12.0. The van der Waals surface area contributed by atoms with E-state index in [2.05, 4.69) is 4.72 Å². The van der Waals surface area contributed by atoms with Gasteiger partial charge in [-0.05, 0) is 48.4 Å². The summed E-state index contributed by atoms with van der Waals surface area (Å²) < 4.78 is 33.1. The van der Waals surface area contributed by atoms with E-state index in [0.29, 0.717) is 18.8 Å². The highest BCUT2D eigenvalue weighted by atomic mass is 32.2. The lowest BCUT2D eigenvalue weighted by molar-refractivity contribution is -0.127. The maximum atomic E-state index is 12.7. The second-order valence-corrected chi connectivity index (χ2v) is 8.98. The summed E-state index contributed by atoms with van der Waals surface area (Å²) in [7, 11) is -3.60. The standard InChI is InChI=1S/C17H18N2O4S2/c20-17(15-3-1-9-23-15)19-8-7-12-5-6-13(11-14(12)19)18-25(21,22)16-4-2-10-24-16/h2,4-6,10-11,15,18H,1,3,7-9H2. The number of hydrogen-bond donors (Lipinski definition) is 1. The second-order valence-electron chi connectivity index (χ2n) is 6.12. The molecule has 132 valence electrons. The first kappa shape index (κ1) is 16.6. The second kappa shape index (κ2) is 6.44. The first-order valence-corrected chi connectivity index (χ1v) is 10.5. The van der Waals surface area contributed by atoms with E-state index in [9.17, 15) is 13.2 Å². The zero-order valence-corrected chi connectivity index (χ0v) is 15.1. The van der Waals surface area contributed by atoms with Crippen molar-refractivity contribution in [2.45, 2.75) is 29.6 Å². The molecule has 2 aromatic rings. The summed E-state index contributed by atoms with van der Waals surface area (Å²) >= 11 is 1.17.